The molecular weight excluding hydrogens is 264 g/mol. The van der Waals surface area contributed by atoms with Gasteiger partial charge < -0.3 is 9.47 Å². The summed E-state index contributed by atoms with van der Waals surface area (Å²) in [5, 5.41) is 2.19. The molecule has 2 aromatic rings. The first kappa shape index (κ1) is 15.4. The second-order valence-corrected chi connectivity index (χ2v) is 5.35. The van der Waals surface area contributed by atoms with Crippen LogP contribution in [0.2, 0.25) is 0 Å². The molecule has 2 rings (SSSR count). The standard InChI is InChI=1S/C18H22O3/c1-5-12(2)21-18(19)13(3)14-6-7-16-11-17(20-4)9-8-15(16)10-14/h6-13H,5H2,1-4H3/t12-,13+/m1/s1. The smallest absolute Gasteiger partial charge is 0.313 e. The van der Waals surface area contributed by atoms with Gasteiger partial charge in [-0.15, -0.1) is 0 Å². The van der Waals surface area contributed by atoms with Crippen LogP contribution in [0.25, 0.3) is 10.8 Å². The summed E-state index contributed by atoms with van der Waals surface area (Å²) in [6, 6.07) is 11.9. The highest BCUT2D eigenvalue weighted by Crippen LogP contribution is 2.26. The van der Waals surface area contributed by atoms with Gasteiger partial charge in [-0.3, -0.25) is 4.79 Å². The van der Waals surface area contributed by atoms with Crippen LogP contribution in [0, 0.1) is 0 Å². The first-order valence-corrected chi connectivity index (χ1v) is 7.33. The Morgan fingerprint density at radius 1 is 1.10 bits per heavy atom. The molecule has 2 atom stereocenters. The lowest BCUT2D eigenvalue weighted by atomic mass is 9.97. The third-order valence-electron chi connectivity index (χ3n) is 3.82. The van der Waals surface area contributed by atoms with E-state index in [0.717, 1.165) is 28.5 Å². The van der Waals surface area contributed by atoms with Gasteiger partial charge in [0.25, 0.3) is 0 Å². The molecule has 0 radical (unpaired) electrons. The Bertz CT molecular complexity index is 633. The molecule has 0 N–H and O–H groups in total. The van der Waals surface area contributed by atoms with Gasteiger partial charge in [0.05, 0.1) is 19.1 Å². The Morgan fingerprint density at radius 2 is 1.76 bits per heavy atom. The second-order valence-electron chi connectivity index (χ2n) is 5.35. The number of carbonyl (C=O) groups is 1. The first-order chi connectivity index (χ1) is 10.0. The average molecular weight is 286 g/mol. The molecule has 0 bridgehead atoms. The van der Waals surface area contributed by atoms with Crippen molar-refractivity contribution in [3.05, 3.63) is 42.0 Å². The fourth-order valence-electron chi connectivity index (χ4n) is 2.16. The predicted molar refractivity (Wildman–Crippen MR) is 84.8 cm³/mol. The second kappa shape index (κ2) is 6.61. The predicted octanol–water partition coefficient (Wildman–Crippen LogP) is 4.29. The van der Waals surface area contributed by atoms with Crippen LogP contribution in [0.15, 0.2) is 36.4 Å². The molecule has 0 spiro atoms. The highest BCUT2D eigenvalue weighted by Gasteiger charge is 2.19. The molecule has 0 unspecified atom stereocenters. The van der Waals surface area contributed by atoms with Gasteiger partial charge in [-0.25, -0.2) is 0 Å². The summed E-state index contributed by atoms with van der Waals surface area (Å²) in [4.78, 5) is 12.1. The van der Waals surface area contributed by atoms with Crippen molar-refractivity contribution in [3.8, 4) is 5.75 Å². The van der Waals surface area contributed by atoms with Crippen molar-refractivity contribution in [3.63, 3.8) is 0 Å². The van der Waals surface area contributed by atoms with Gasteiger partial charge in [-0.05, 0) is 48.7 Å². The van der Waals surface area contributed by atoms with E-state index < -0.39 is 0 Å². The van der Waals surface area contributed by atoms with Gasteiger partial charge in [0.1, 0.15) is 5.75 Å². The summed E-state index contributed by atoms with van der Waals surface area (Å²) >= 11 is 0. The van der Waals surface area contributed by atoms with Crippen LogP contribution in [0.3, 0.4) is 0 Å². The quantitative estimate of drug-likeness (QED) is 0.769. The summed E-state index contributed by atoms with van der Waals surface area (Å²) < 4.78 is 10.6. The van der Waals surface area contributed by atoms with Gasteiger partial charge in [-0.2, -0.15) is 0 Å². The van der Waals surface area contributed by atoms with E-state index in [4.69, 9.17) is 9.47 Å². The molecule has 0 saturated heterocycles. The Labute approximate surface area is 125 Å². The highest BCUT2D eigenvalue weighted by atomic mass is 16.5. The molecule has 0 heterocycles. The van der Waals surface area contributed by atoms with Gasteiger partial charge in [0.15, 0.2) is 0 Å². The number of hydrogen-bond donors (Lipinski definition) is 0. The Hall–Kier alpha value is -2.03. The molecule has 21 heavy (non-hydrogen) atoms. The Balaban J connectivity index is 2.24. The van der Waals surface area contributed by atoms with Crippen molar-refractivity contribution < 1.29 is 14.3 Å². The minimum Gasteiger partial charge on any atom is -0.497 e. The number of hydrogen-bond acceptors (Lipinski definition) is 3. The lowest BCUT2D eigenvalue weighted by molar-refractivity contribution is -0.149. The molecule has 0 amide bonds. The first-order valence-electron chi connectivity index (χ1n) is 7.33. The number of fused-ring (bicyclic) bond motifs is 1. The van der Waals surface area contributed by atoms with Crippen molar-refractivity contribution in [2.75, 3.05) is 7.11 Å². The zero-order chi connectivity index (χ0) is 15.4. The molecule has 112 valence electrons. The van der Waals surface area contributed by atoms with Crippen LogP contribution in [0.1, 0.15) is 38.7 Å². The van der Waals surface area contributed by atoms with E-state index in [9.17, 15) is 4.79 Å². The SMILES string of the molecule is CC[C@@H](C)OC(=O)[C@@H](C)c1ccc2cc(OC)ccc2c1. The molecule has 0 aromatic heterocycles. The number of benzene rings is 2. The van der Waals surface area contributed by atoms with Crippen molar-refractivity contribution in [2.45, 2.75) is 39.2 Å². The van der Waals surface area contributed by atoms with Crippen LogP contribution >= 0.6 is 0 Å². The zero-order valence-electron chi connectivity index (χ0n) is 13.1. The molecular formula is C18H22O3. The summed E-state index contributed by atoms with van der Waals surface area (Å²) in [6.07, 6.45) is 0.792. The third-order valence-corrected chi connectivity index (χ3v) is 3.82. The van der Waals surface area contributed by atoms with E-state index in [0.29, 0.717) is 0 Å². The van der Waals surface area contributed by atoms with Crippen molar-refractivity contribution in [2.24, 2.45) is 0 Å². The van der Waals surface area contributed by atoms with Crippen molar-refractivity contribution in [1.29, 1.82) is 0 Å². The fourth-order valence-corrected chi connectivity index (χ4v) is 2.16. The molecule has 3 heteroatoms. The van der Waals surface area contributed by atoms with Gasteiger partial charge in [-0.1, -0.05) is 31.2 Å². The largest absolute Gasteiger partial charge is 0.497 e. The summed E-state index contributed by atoms with van der Waals surface area (Å²) in [5.74, 6) is 0.405. The van der Waals surface area contributed by atoms with Crippen LogP contribution in [0.5, 0.6) is 5.75 Å². The zero-order valence-corrected chi connectivity index (χ0v) is 13.1. The van der Waals surface area contributed by atoms with E-state index in [2.05, 4.69) is 0 Å². The number of carbonyl (C=O) groups excluding carboxylic acids is 1. The fraction of sp³-hybridized carbons (Fsp3) is 0.389. The minimum absolute atomic E-state index is 0.0373. The molecule has 0 aliphatic heterocycles. The molecule has 0 fully saturated rings. The van der Waals surface area contributed by atoms with Crippen LogP contribution < -0.4 is 4.74 Å². The topological polar surface area (TPSA) is 35.5 Å². The number of ether oxygens (including phenoxy) is 2. The summed E-state index contributed by atoms with van der Waals surface area (Å²) in [6.45, 7) is 5.80. The number of esters is 1. The van der Waals surface area contributed by atoms with E-state index in [1.165, 1.54) is 0 Å². The monoisotopic (exact) mass is 286 g/mol. The highest BCUT2D eigenvalue weighted by molar-refractivity contribution is 5.86. The van der Waals surface area contributed by atoms with Gasteiger partial charge in [0.2, 0.25) is 0 Å². The average Bonchev–Trinajstić information content (AvgIpc) is 2.52. The number of methoxy groups -OCH3 is 1. The maximum Gasteiger partial charge on any atom is 0.313 e. The Morgan fingerprint density at radius 3 is 2.43 bits per heavy atom. The lowest BCUT2D eigenvalue weighted by Gasteiger charge is -2.16. The summed E-state index contributed by atoms with van der Waals surface area (Å²) in [7, 11) is 1.66. The molecule has 0 aliphatic carbocycles. The van der Waals surface area contributed by atoms with E-state index in [-0.39, 0.29) is 18.0 Å². The molecule has 2 aromatic carbocycles. The molecule has 0 aliphatic rings. The van der Waals surface area contributed by atoms with Gasteiger partial charge >= 0.3 is 5.97 Å². The summed E-state index contributed by atoms with van der Waals surface area (Å²) in [5.41, 5.74) is 0.973. The van der Waals surface area contributed by atoms with Crippen molar-refractivity contribution in [1.82, 2.24) is 0 Å². The lowest BCUT2D eigenvalue weighted by Crippen LogP contribution is -2.19. The van der Waals surface area contributed by atoms with Gasteiger partial charge in [0, 0.05) is 0 Å². The number of rotatable bonds is 5. The van der Waals surface area contributed by atoms with Crippen molar-refractivity contribution >= 4 is 16.7 Å². The van der Waals surface area contributed by atoms with E-state index >= 15 is 0 Å². The van der Waals surface area contributed by atoms with Crippen LogP contribution in [-0.4, -0.2) is 19.2 Å². The van der Waals surface area contributed by atoms with Crippen LogP contribution in [0.4, 0.5) is 0 Å². The minimum atomic E-state index is -0.259. The normalized spacial score (nSPS) is 13.7. The molecule has 0 saturated carbocycles. The Kier molecular flexibility index (Phi) is 4.84. The maximum atomic E-state index is 12.1. The van der Waals surface area contributed by atoms with E-state index in [1.54, 1.807) is 7.11 Å². The van der Waals surface area contributed by atoms with Crippen LogP contribution in [-0.2, 0) is 9.53 Å². The van der Waals surface area contributed by atoms with E-state index in [1.807, 2.05) is 57.2 Å². The maximum absolute atomic E-state index is 12.1. The molecule has 3 nitrogen and oxygen atoms in total. The third kappa shape index (κ3) is 3.54.